The van der Waals surface area contributed by atoms with E-state index in [0.29, 0.717) is 11.7 Å². The van der Waals surface area contributed by atoms with Crippen LogP contribution in [-0.4, -0.2) is 41.5 Å². The molecule has 1 aromatic heterocycles. The molecule has 0 unspecified atom stereocenters. The number of ether oxygens (including phenoxy) is 1. The van der Waals surface area contributed by atoms with Crippen LogP contribution < -0.4 is 5.32 Å². The van der Waals surface area contributed by atoms with E-state index in [1.54, 1.807) is 6.20 Å². The lowest BCUT2D eigenvalue weighted by Crippen LogP contribution is -2.36. The summed E-state index contributed by atoms with van der Waals surface area (Å²) in [5.41, 5.74) is 0. The van der Waals surface area contributed by atoms with Gasteiger partial charge in [0.25, 0.3) is 0 Å². The number of amides is 1. The number of carbonyl (C=O) groups is 2. The molecular weight excluding hydrogens is 290 g/mol. The summed E-state index contributed by atoms with van der Waals surface area (Å²) >= 11 is 1.49. The minimum Gasteiger partial charge on any atom is -0.466 e. The number of nitrogens with zero attached hydrogens (tertiary/aromatic N) is 2. The predicted octanol–water partition coefficient (Wildman–Crippen LogP) is 1.88. The number of anilines is 1. The summed E-state index contributed by atoms with van der Waals surface area (Å²) in [7, 11) is 0. The molecule has 0 radical (unpaired) electrons. The van der Waals surface area contributed by atoms with Crippen molar-refractivity contribution in [2.75, 3.05) is 25.0 Å². The smallest absolute Gasteiger partial charge is 0.309 e. The molecule has 2 rings (SSSR count). The van der Waals surface area contributed by atoms with Crippen LogP contribution in [0.4, 0.5) is 5.13 Å². The highest BCUT2D eigenvalue weighted by atomic mass is 32.1. The maximum absolute atomic E-state index is 11.7. The Hall–Kier alpha value is -1.47. The number of likely N-dealkylation sites (tertiary alicyclic amines) is 1. The minimum absolute atomic E-state index is 0.0394. The first-order valence-corrected chi connectivity index (χ1v) is 8.01. The van der Waals surface area contributed by atoms with E-state index in [4.69, 9.17) is 4.74 Å². The van der Waals surface area contributed by atoms with Gasteiger partial charge in [-0.1, -0.05) is 0 Å². The molecular formula is C14H21N3O3S. The van der Waals surface area contributed by atoms with Crippen molar-refractivity contribution in [3.8, 4) is 0 Å². The molecule has 1 aliphatic heterocycles. The fourth-order valence-electron chi connectivity index (χ4n) is 2.40. The van der Waals surface area contributed by atoms with Crippen LogP contribution in [0.15, 0.2) is 6.20 Å². The third-order valence-electron chi connectivity index (χ3n) is 3.42. The lowest BCUT2D eigenvalue weighted by atomic mass is 9.97. The molecule has 1 amide bonds. The van der Waals surface area contributed by atoms with Crippen LogP contribution in [0, 0.1) is 5.92 Å². The molecule has 0 aliphatic carbocycles. The van der Waals surface area contributed by atoms with Crippen LogP contribution >= 0.6 is 11.3 Å². The summed E-state index contributed by atoms with van der Waals surface area (Å²) in [6.45, 7) is 6.34. The van der Waals surface area contributed by atoms with Crippen molar-refractivity contribution in [1.29, 1.82) is 0 Å². The lowest BCUT2D eigenvalue weighted by molar-refractivity contribution is -0.149. The fraction of sp³-hybridized carbons (Fsp3) is 0.643. The molecule has 0 aromatic carbocycles. The van der Waals surface area contributed by atoms with E-state index in [9.17, 15) is 9.59 Å². The highest BCUT2D eigenvalue weighted by molar-refractivity contribution is 7.15. The molecule has 116 valence electrons. The molecule has 1 aromatic rings. The monoisotopic (exact) mass is 311 g/mol. The summed E-state index contributed by atoms with van der Waals surface area (Å²) in [4.78, 5) is 30.2. The highest BCUT2D eigenvalue weighted by Gasteiger charge is 2.26. The topological polar surface area (TPSA) is 71.5 Å². The second kappa shape index (κ2) is 7.51. The van der Waals surface area contributed by atoms with Crippen LogP contribution in [0.1, 0.15) is 31.6 Å². The maximum atomic E-state index is 11.7. The third kappa shape index (κ3) is 4.78. The van der Waals surface area contributed by atoms with Gasteiger partial charge in [0.05, 0.1) is 12.5 Å². The number of aromatic nitrogens is 1. The van der Waals surface area contributed by atoms with E-state index >= 15 is 0 Å². The summed E-state index contributed by atoms with van der Waals surface area (Å²) < 4.78 is 5.07. The van der Waals surface area contributed by atoms with E-state index < -0.39 is 0 Å². The van der Waals surface area contributed by atoms with Gasteiger partial charge in [-0.3, -0.25) is 14.5 Å². The quantitative estimate of drug-likeness (QED) is 0.841. The number of carbonyl (C=O) groups excluding carboxylic acids is 2. The Labute approximate surface area is 128 Å². The number of thiazole rings is 1. The Morgan fingerprint density at radius 3 is 2.81 bits per heavy atom. The van der Waals surface area contributed by atoms with E-state index in [0.717, 1.165) is 37.4 Å². The molecule has 0 bridgehead atoms. The van der Waals surface area contributed by atoms with Gasteiger partial charge in [-0.15, -0.1) is 11.3 Å². The first-order chi connectivity index (χ1) is 10.1. The molecule has 1 fully saturated rings. The summed E-state index contributed by atoms with van der Waals surface area (Å²) in [5, 5.41) is 3.33. The number of hydrogen-bond acceptors (Lipinski definition) is 6. The zero-order valence-corrected chi connectivity index (χ0v) is 13.2. The Bertz CT molecular complexity index is 495. The highest BCUT2D eigenvalue weighted by Crippen LogP contribution is 2.24. The van der Waals surface area contributed by atoms with Gasteiger partial charge in [0.15, 0.2) is 5.13 Å². The molecule has 1 aliphatic rings. The molecule has 0 atom stereocenters. The number of esters is 1. The first kappa shape index (κ1) is 15.9. The van der Waals surface area contributed by atoms with Crippen molar-refractivity contribution in [3.63, 3.8) is 0 Å². The average Bonchev–Trinajstić information content (AvgIpc) is 2.86. The normalized spacial score (nSPS) is 16.7. The Morgan fingerprint density at radius 1 is 1.48 bits per heavy atom. The van der Waals surface area contributed by atoms with Crippen LogP contribution in [0.5, 0.6) is 0 Å². The van der Waals surface area contributed by atoms with Crippen molar-refractivity contribution >= 4 is 28.3 Å². The van der Waals surface area contributed by atoms with Crippen molar-refractivity contribution < 1.29 is 14.3 Å². The first-order valence-electron chi connectivity index (χ1n) is 7.19. The standard InChI is InChI=1S/C14H21N3O3S/c1-3-20-13(19)11-4-6-17(7-5-11)9-12-8-15-14(21-12)16-10(2)18/h8,11H,3-7,9H2,1-2H3,(H,15,16,18). The van der Waals surface area contributed by atoms with Crippen LogP contribution in [0.2, 0.25) is 0 Å². The number of hydrogen-bond donors (Lipinski definition) is 1. The number of nitrogens with one attached hydrogen (secondary N) is 1. The average molecular weight is 311 g/mol. The van der Waals surface area contributed by atoms with Crippen LogP contribution in [0.25, 0.3) is 0 Å². The van der Waals surface area contributed by atoms with Gasteiger partial charge < -0.3 is 10.1 Å². The molecule has 0 spiro atoms. The van der Waals surface area contributed by atoms with Crippen LogP contribution in [-0.2, 0) is 20.9 Å². The minimum atomic E-state index is -0.105. The van der Waals surface area contributed by atoms with Gasteiger partial charge in [-0.25, -0.2) is 4.98 Å². The van der Waals surface area contributed by atoms with E-state index in [2.05, 4.69) is 15.2 Å². The summed E-state index contributed by atoms with van der Waals surface area (Å²) in [6.07, 6.45) is 3.49. The van der Waals surface area contributed by atoms with Crippen molar-refractivity contribution in [3.05, 3.63) is 11.1 Å². The van der Waals surface area contributed by atoms with Crippen LogP contribution in [0.3, 0.4) is 0 Å². The van der Waals surface area contributed by atoms with Gasteiger partial charge in [0, 0.05) is 24.5 Å². The summed E-state index contributed by atoms with van der Waals surface area (Å²) in [5.74, 6) is -0.133. The van der Waals surface area contributed by atoms with Crippen molar-refractivity contribution in [2.45, 2.75) is 33.2 Å². The van der Waals surface area contributed by atoms with Gasteiger partial charge in [0.2, 0.25) is 5.91 Å². The van der Waals surface area contributed by atoms with E-state index in [1.165, 1.54) is 18.3 Å². The SMILES string of the molecule is CCOC(=O)C1CCN(Cc2cnc(NC(C)=O)s2)CC1. The largest absolute Gasteiger partial charge is 0.466 e. The Morgan fingerprint density at radius 2 is 2.19 bits per heavy atom. The lowest BCUT2D eigenvalue weighted by Gasteiger charge is -2.30. The Kier molecular flexibility index (Phi) is 5.69. The molecule has 0 saturated carbocycles. The zero-order chi connectivity index (χ0) is 15.2. The second-order valence-corrected chi connectivity index (χ2v) is 6.23. The molecule has 1 saturated heterocycles. The molecule has 2 heterocycles. The molecule has 6 nitrogen and oxygen atoms in total. The predicted molar refractivity (Wildman–Crippen MR) is 81.1 cm³/mol. The maximum Gasteiger partial charge on any atom is 0.309 e. The third-order valence-corrected chi connectivity index (χ3v) is 4.32. The number of rotatable bonds is 5. The zero-order valence-electron chi connectivity index (χ0n) is 12.4. The van der Waals surface area contributed by atoms with Gasteiger partial charge in [-0.2, -0.15) is 0 Å². The fourth-order valence-corrected chi connectivity index (χ4v) is 3.30. The Balaban J connectivity index is 1.79. The van der Waals surface area contributed by atoms with E-state index in [1.807, 2.05) is 6.92 Å². The van der Waals surface area contributed by atoms with E-state index in [-0.39, 0.29) is 17.8 Å². The molecule has 7 heteroatoms. The van der Waals surface area contributed by atoms with Crippen molar-refractivity contribution in [1.82, 2.24) is 9.88 Å². The molecule has 21 heavy (non-hydrogen) atoms. The van der Waals surface area contributed by atoms with Gasteiger partial charge >= 0.3 is 5.97 Å². The van der Waals surface area contributed by atoms with Gasteiger partial charge in [-0.05, 0) is 32.9 Å². The van der Waals surface area contributed by atoms with Crippen molar-refractivity contribution in [2.24, 2.45) is 5.92 Å². The molecule has 1 N–H and O–H groups in total. The number of piperidine rings is 1. The van der Waals surface area contributed by atoms with Gasteiger partial charge in [0.1, 0.15) is 0 Å². The summed E-state index contributed by atoms with van der Waals surface area (Å²) in [6, 6.07) is 0. The second-order valence-electron chi connectivity index (χ2n) is 5.12.